The molecule has 1 heterocycles. The molecule has 2 aromatic carbocycles. The molecule has 3 fully saturated rings. The number of benzene rings is 2. The van der Waals surface area contributed by atoms with Crippen LogP contribution in [0, 0.1) is 42.4 Å². The molecule has 5 aliphatic rings. The molecule has 7 rings (SSSR count). The van der Waals surface area contributed by atoms with Gasteiger partial charge in [-0.05, 0) is 79.0 Å². The molecule has 1 aliphatic heterocycles. The molecule has 2 saturated carbocycles. The lowest BCUT2D eigenvalue weighted by atomic mass is 9.63. The number of aryl methyl sites for hydroxylation is 1. The topological polar surface area (TPSA) is 57.7 Å². The Morgan fingerprint density at radius 1 is 0.939 bits per heavy atom. The van der Waals surface area contributed by atoms with Gasteiger partial charge in [0.2, 0.25) is 11.8 Å². The number of hydrogen-bond acceptors (Lipinski definition) is 3. The summed E-state index contributed by atoms with van der Waals surface area (Å²) >= 11 is 12.3. The Bertz CT molecular complexity index is 1190. The van der Waals surface area contributed by atoms with Crippen LogP contribution in [0.4, 0.5) is 5.69 Å². The van der Waals surface area contributed by atoms with E-state index in [1.165, 1.54) is 9.80 Å². The van der Waals surface area contributed by atoms with Crippen molar-refractivity contribution in [2.24, 2.45) is 35.5 Å². The summed E-state index contributed by atoms with van der Waals surface area (Å²) in [6.45, 7) is 1.74. The largest absolute Gasteiger partial charge is 0.289 e. The number of rotatable bonds is 4. The number of likely N-dealkylation sites (tertiary alicyclic amines) is 1. The number of imide groups is 1. The SMILES string of the molecule is Cc1ccc(Cl)cc1N(CN1C(=O)C2C3C=CC(C4CC34)C2C1=O)C(=O)c1ccc(Cl)cc1. The van der Waals surface area contributed by atoms with E-state index in [0.717, 1.165) is 12.0 Å². The number of halogens is 2. The summed E-state index contributed by atoms with van der Waals surface area (Å²) in [5, 5.41) is 0.993. The third kappa shape index (κ3) is 3.17. The highest BCUT2D eigenvalue weighted by atomic mass is 35.5. The molecule has 0 N–H and O–H groups in total. The molecule has 6 atom stereocenters. The predicted molar refractivity (Wildman–Crippen MR) is 126 cm³/mol. The zero-order valence-corrected chi connectivity index (χ0v) is 19.5. The van der Waals surface area contributed by atoms with Crippen molar-refractivity contribution in [3.05, 3.63) is 75.8 Å². The molecule has 0 aromatic heterocycles. The molecule has 0 spiro atoms. The van der Waals surface area contributed by atoms with Crippen LogP contribution in [-0.2, 0) is 9.59 Å². The number of hydrogen-bond donors (Lipinski definition) is 0. The van der Waals surface area contributed by atoms with Crippen molar-refractivity contribution >= 4 is 46.6 Å². The number of carbonyl (C=O) groups excluding carboxylic acids is 3. The van der Waals surface area contributed by atoms with Crippen LogP contribution in [0.5, 0.6) is 0 Å². The molecule has 0 radical (unpaired) electrons. The van der Waals surface area contributed by atoms with Gasteiger partial charge in [-0.1, -0.05) is 41.4 Å². The number of amides is 3. The van der Waals surface area contributed by atoms with Gasteiger partial charge >= 0.3 is 0 Å². The van der Waals surface area contributed by atoms with Crippen molar-refractivity contribution in [3.8, 4) is 0 Å². The van der Waals surface area contributed by atoms with Gasteiger partial charge in [0.1, 0.15) is 6.67 Å². The fourth-order valence-electron chi connectivity index (χ4n) is 6.17. The third-order valence-electron chi connectivity index (χ3n) is 7.84. The normalized spacial score (nSPS) is 30.9. The number of nitrogens with zero attached hydrogens (tertiary/aromatic N) is 2. The molecule has 2 aromatic rings. The van der Waals surface area contributed by atoms with Crippen molar-refractivity contribution in [2.45, 2.75) is 13.3 Å². The minimum absolute atomic E-state index is 0.137. The number of allylic oxidation sites excluding steroid dienone is 2. The van der Waals surface area contributed by atoms with Crippen LogP contribution in [0.1, 0.15) is 22.3 Å². The molecule has 7 heteroatoms. The summed E-state index contributed by atoms with van der Waals surface area (Å²) in [7, 11) is 0. The van der Waals surface area contributed by atoms with Crippen LogP contribution in [-0.4, -0.2) is 29.3 Å². The van der Waals surface area contributed by atoms with E-state index >= 15 is 0 Å². The first-order valence-electron chi connectivity index (χ1n) is 11.2. The Labute approximate surface area is 201 Å². The molecule has 6 unspecified atom stereocenters. The number of anilines is 1. The maximum atomic E-state index is 13.6. The van der Waals surface area contributed by atoms with Crippen LogP contribution < -0.4 is 4.90 Å². The second kappa shape index (κ2) is 7.44. The Kier molecular flexibility index (Phi) is 4.72. The molecular formula is C26H22Cl2N2O3. The monoisotopic (exact) mass is 480 g/mol. The first-order chi connectivity index (χ1) is 15.8. The maximum absolute atomic E-state index is 13.6. The van der Waals surface area contributed by atoms with E-state index in [1.54, 1.807) is 36.4 Å². The zero-order chi connectivity index (χ0) is 23.0. The maximum Gasteiger partial charge on any atom is 0.259 e. The van der Waals surface area contributed by atoms with E-state index in [0.29, 0.717) is 33.1 Å². The first kappa shape index (κ1) is 20.9. The van der Waals surface area contributed by atoms with Crippen LogP contribution in [0.3, 0.4) is 0 Å². The van der Waals surface area contributed by atoms with E-state index in [2.05, 4.69) is 12.2 Å². The van der Waals surface area contributed by atoms with Crippen molar-refractivity contribution < 1.29 is 14.4 Å². The summed E-state index contributed by atoms with van der Waals surface area (Å²) in [5.74, 6) is 0.0795. The highest BCUT2D eigenvalue weighted by molar-refractivity contribution is 6.31. The van der Waals surface area contributed by atoms with E-state index < -0.39 is 0 Å². The van der Waals surface area contributed by atoms with Gasteiger partial charge in [-0.2, -0.15) is 0 Å². The van der Waals surface area contributed by atoms with Gasteiger partial charge in [0.25, 0.3) is 5.91 Å². The van der Waals surface area contributed by atoms with Crippen molar-refractivity contribution in [1.82, 2.24) is 4.90 Å². The van der Waals surface area contributed by atoms with E-state index in [9.17, 15) is 14.4 Å². The Morgan fingerprint density at radius 2 is 1.52 bits per heavy atom. The molecule has 3 amide bonds. The minimum atomic E-state index is -0.323. The summed E-state index contributed by atoms with van der Waals surface area (Å²) in [5.41, 5.74) is 1.81. The lowest BCUT2D eigenvalue weighted by molar-refractivity contribution is -0.140. The van der Waals surface area contributed by atoms with Gasteiger partial charge in [-0.3, -0.25) is 24.2 Å². The third-order valence-corrected chi connectivity index (χ3v) is 8.32. The summed E-state index contributed by atoms with van der Waals surface area (Å²) in [4.78, 5) is 43.4. The lowest BCUT2D eigenvalue weighted by Crippen LogP contribution is -2.45. The highest BCUT2D eigenvalue weighted by Gasteiger charge is 2.67. The fraction of sp³-hybridized carbons (Fsp3) is 0.346. The smallest absolute Gasteiger partial charge is 0.259 e. The summed E-state index contributed by atoms with van der Waals surface area (Å²) in [6, 6.07) is 11.9. The quantitative estimate of drug-likeness (QED) is 0.458. The van der Waals surface area contributed by atoms with Crippen molar-refractivity contribution in [1.29, 1.82) is 0 Å². The molecule has 168 valence electrons. The Hall–Kier alpha value is -2.63. The van der Waals surface area contributed by atoms with Crippen LogP contribution in [0.25, 0.3) is 0 Å². The van der Waals surface area contributed by atoms with Gasteiger partial charge in [0.05, 0.1) is 17.5 Å². The van der Waals surface area contributed by atoms with Gasteiger partial charge in [0.15, 0.2) is 0 Å². The summed E-state index contributed by atoms with van der Waals surface area (Å²) < 4.78 is 0. The van der Waals surface area contributed by atoms with Gasteiger partial charge in [0, 0.05) is 15.6 Å². The highest BCUT2D eigenvalue weighted by Crippen LogP contribution is 2.65. The van der Waals surface area contributed by atoms with Crippen LogP contribution in [0.15, 0.2) is 54.6 Å². The second-order valence-electron chi connectivity index (χ2n) is 9.57. The zero-order valence-electron chi connectivity index (χ0n) is 17.9. The molecular weight excluding hydrogens is 459 g/mol. The van der Waals surface area contributed by atoms with Crippen molar-refractivity contribution in [2.75, 3.05) is 11.6 Å². The molecule has 4 aliphatic carbocycles. The Balaban J connectivity index is 1.37. The average Bonchev–Trinajstić information content (AvgIpc) is 3.59. The standard InChI is InChI=1S/C26H22Cl2N2O3/c1-13-2-5-16(28)10-21(13)29(24(31)14-3-6-15(27)7-4-14)12-30-25(32)22-17-8-9-18(20-11-19(17)20)23(22)26(30)33/h2-10,17-20,22-23H,11-12H2,1H3. The molecule has 5 nitrogen and oxygen atoms in total. The van der Waals surface area contributed by atoms with Crippen LogP contribution in [0.2, 0.25) is 10.0 Å². The average molecular weight is 481 g/mol. The van der Waals surface area contributed by atoms with E-state index in [1.807, 2.05) is 13.0 Å². The van der Waals surface area contributed by atoms with Gasteiger partial charge in [-0.15, -0.1) is 0 Å². The molecule has 2 bridgehead atoms. The fourth-order valence-corrected chi connectivity index (χ4v) is 6.46. The minimum Gasteiger partial charge on any atom is -0.289 e. The van der Waals surface area contributed by atoms with E-state index in [4.69, 9.17) is 23.2 Å². The molecule has 33 heavy (non-hydrogen) atoms. The first-order valence-corrected chi connectivity index (χ1v) is 12.0. The number of carbonyl (C=O) groups is 3. The van der Waals surface area contributed by atoms with Crippen LogP contribution >= 0.6 is 23.2 Å². The van der Waals surface area contributed by atoms with E-state index in [-0.39, 0.29) is 48.1 Å². The lowest BCUT2D eigenvalue weighted by Gasteiger charge is -2.37. The van der Waals surface area contributed by atoms with Crippen molar-refractivity contribution in [3.63, 3.8) is 0 Å². The predicted octanol–water partition coefficient (Wildman–Crippen LogP) is 4.96. The Morgan fingerprint density at radius 3 is 2.12 bits per heavy atom. The van der Waals surface area contributed by atoms with Gasteiger partial charge in [-0.25, -0.2) is 0 Å². The molecule has 1 saturated heterocycles. The summed E-state index contributed by atoms with van der Waals surface area (Å²) in [6.07, 6.45) is 5.40. The van der Waals surface area contributed by atoms with Gasteiger partial charge < -0.3 is 0 Å². The second-order valence-corrected chi connectivity index (χ2v) is 10.4.